The molecule has 1 aromatic rings. The van der Waals surface area contributed by atoms with E-state index in [1.54, 1.807) is 0 Å². The third-order valence-electron chi connectivity index (χ3n) is 2.53. The lowest BCUT2D eigenvalue weighted by Gasteiger charge is -2.19. The van der Waals surface area contributed by atoms with Crippen molar-refractivity contribution < 1.29 is 9.53 Å². The van der Waals surface area contributed by atoms with Crippen molar-refractivity contribution in [1.29, 1.82) is 0 Å². The van der Waals surface area contributed by atoms with E-state index < -0.39 is 0 Å². The minimum Gasteiger partial charge on any atom is -0.370 e. The molecule has 0 spiro atoms. The van der Waals surface area contributed by atoms with Gasteiger partial charge in [-0.05, 0) is 23.1 Å². The molecule has 0 aliphatic rings. The Kier molecular flexibility index (Phi) is 5.31. The maximum Gasteiger partial charge on any atom is 0.250 e. The highest BCUT2D eigenvalue weighted by Gasteiger charge is 2.13. The van der Waals surface area contributed by atoms with E-state index in [0.717, 1.165) is 5.69 Å². The molecular formula is C14H22N2O2. The van der Waals surface area contributed by atoms with Crippen molar-refractivity contribution in [3.63, 3.8) is 0 Å². The van der Waals surface area contributed by atoms with Gasteiger partial charge in [-0.2, -0.15) is 0 Å². The first kappa shape index (κ1) is 14.7. The lowest BCUT2D eigenvalue weighted by atomic mass is 9.87. The van der Waals surface area contributed by atoms with E-state index in [9.17, 15) is 4.79 Å². The zero-order chi connectivity index (χ0) is 13.6. The van der Waals surface area contributed by atoms with Crippen LogP contribution in [0.2, 0.25) is 0 Å². The highest BCUT2D eigenvalue weighted by atomic mass is 16.5. The highest BCUT2D eigenvalue weighted by molar-refractivity contribution is 5.91. The normalized spacial score (nSPS) is 11.3. The molecule has 0 atom stereocenters. The molecule has 0 unspecified atom stereocenters. The lowest BCUT2D eigenvalue weighted by Crippen LogP contribution is -2.20. The van der Waals surface area contributed by atoms with Crippen LogP contribution in [0.1, 0.15) is 26.3 Å². The van der Waals surface area contributed by atoms with Crippen molar-refractivity contribution in [3.8, 4) is 0 Å². The van der Waals surface area contributed by atoms with Crippen molar-refractivity contribution in [2.24, 2.45) is 5.73 Å². The molecule has 1 aromatic carbocycles. The molecule has 3 N–H and O–H groups in total. The van der Waals surface area contributed by atoms with Gasteiger partial charge in [-0.15, -0.1) is 0 Å². The summed E-state index contributed by atoms with van der Waals surface area (Å²) in [6.45, 7) is 7.33. The SMILES string of the molecule is CC(C)(C)c1ccc(NC(=O)COCCN)cc1. The Balaban J connectivity index is 2.51. The Morgan fingerprint density at radius 1 is 1.28 bits per heavy atom. The number of benzene rings is 1. The van der Waals surface area contributed by atoms with Crippen molar-refractivity contribution in [1.82, 2.24) is 0 Å². The predicted octanol–water partition coefficient (Wildman–Crippen LogP) is 1.90. The summed E-state index contributed by atoms with van der Waals surface area (Å²) in [5.41, 5.74) is 7.40. The number of ether oxygens (including phenoxy) is 1. The second-order valence-corrected chi connectivity index (χ2v) is 5.22. The number of nitrogens with two attached hydrogens (primary N) is 1. The second kappa shape index (κ2) is 6.52. The summed E-state index contributed by atoms with van der Waals surface area (Å²) in [5.74, 6) is -0.160. The molecular weight excluding hydrogens is 228 g/mol. The lowest BCUT2D eigenvalue weighted by molar-refractivity contribution is -0.120. The van der Waals surface area contributed by atoms with Crippen LogP contribution in [0.15, 0.2) is 24.3 Å². The number of carbonyl (C=O) groups excluding carboxylic acids is 1. The first-order valence-electron chi connectivity index (χ1n) is 6.11. The number of anilines is 1. The summed E-state index contributed by atoms with van der Waals surface area (Å²) in [5, 5.41) is 2.77. The van der Waals surface area contributed by atoms with Crippen LogP contribution in [0.3, 0.4) is 0 Å². The fraction of sp³-hybridized carbons (Fsp3) is 0.500. The Morgan fingerprint density at radius 3 is 2.39 bits per heavy atom. The quantitative estimate of drug-likeness (QED) is 0.784. The van der Waals surface area contributed by atoms with Gasteiger partial charge in [0.2, 0.25) is 5.91 Å². The summed E-state index contributed by atoms with van der Waals surface area (Å²) in [4.78, 5) is 11.5. The Morgan fingerprint density at radius 2 is 1.89 bits per heavy atom. The van der Waals surface area contributed by atoms with Gasteiger partial charge in [0.05, 0.1) is 6.61 Å². The van der Waals surface area contributed by atoms with Gasteiger partial charge < -0.3 is 15.8 Å². The van der Waals surface area contributed by atoms with Gasteiger partial charge in [0.25, 0.3) is 0 Å². The van der Waals surface area contributed by atoms with Crippen molar-refractivity contribution in [3.05, 3.63) is 29.8 Å². The summed E-state index contributed by atoms with van der Waals surface area (Å²) in [6, 6.07) is 7.86. The molecule has 0 saturated heterocycles. The average Bonchev–Trinajstić information content (AvgIpc) is 2.29. The summed E-state index contributed by atoms with van der Waals surface area (Å²) in [6.07, 6.45) is 0. The minimum atomic E-state index is -0.160. The first-order valence-corrected chi connectivity index (χ1v) is 6.11. The van der Waals surface area contributed by atoms with Gasteiger partial charge in [0.1, 0.15) is 6.61 Å². The van der Waals surface area contributed by atoms with Crippen LogP contribution in [0.5, 0.6) is 0 Å². The molecule has 100 valence electrons. The number of hydrogen-bond acceptors (Lipinski definition) is 3. The maximum absolute atomic E-state index is 11.5. The number of hydrogen-bond donors (Lipinski definition) is 2. The Hall–Kier alpha value is -1.39. The van der Waals surface area contributed by atoms with Crippen molar-refractivity contribution >= 4 is 11.6 Å². The Labute approximate surface area is 109 Å². The molecule has 0 aliphatic carbocycles. The fourth-order valence-corrected chi connectivity index (χ4v) is 1.50. The molecule has 0 aromatic heterocycles. The molecule has 18 heavy (non-hydrogen) atoms. The van der Waals surface area contributed by atoms with Gasteiger partial charge in [0, 0.05) is 12.2 Å². The molecule has 0 bridgehead atoms. The molecule has 0 aliphatic heterocycles. The molecule has 0 heterocycles. The number of nitrogens with one attached hydrogen (secondary N) is 1. The molecule has 4 nitrogen and oxygen atoms in total. The summed E-state index contributed by atoms with van der Waals surface area (Å²) >= 11 is 0. The van der Waals surface area contributed by atoms with Crippen LogP contribution in [-0.4, -0.2) is 25.7 Å². The van der Waals surface area contributed by atoms with Crippen LogP contribution in [0.25, 0.3) is 0 Å². The largest absolute Gasteiger partial charge is 0.370 e. The van der Waals surface area contributed by atoms with E-state index in [2.05, 4.69) is 26.1 Å². The standard InChI is InChI=1S/C14H22N2O2/c1-14(2,3)11-4-6-12(7-5-11)16-13(17)10-18-9-8-15/h4-7H,8-10,15H2,1-3H3,(H,16,17). The van der Waals surface area contributed by atoms with Gasteiger partial charge >= 0.3 is 0 Å². The van der Waals surface area contributed by atoms with Crippen molar-refractivity contribution in [2.45, 2.75) is 26.2 Å². The first-order chi connectivity index (χ1) is 8.43. The number of carbonyl (C=O) groups is 1. The van der Waals surface area contributed by atoms with Crippen LogP contribution in [0, 0.1) is 0 Å². The van der Waals surface area contributed by atoms with E-state index >= 15 is 0 Å². The Bertz CT molecular complexity index is 380. The topological polar surface area (TPSA) is 64.3 Å². The molecule has 0 radical (unpaired) electrons. The van der Waals surface area contributed by atoms with Crippen LogP contribution in [0.4, 0.5) is 5.69 Å². The van der Waals surface area contributed by atoms with Gasteiger partial charge in [-0.25, -0.2) is 0 Å². The number of amides is 1. The van der Waals surface area contributed by atoms with Gasteiger partial charge in [0.15, 0.2) is 0 Å². The maximum atomic E-state index is 11.5. The van der Waals surface area contributed by atoms with Gasteiger partial charge in [-0.1, -0.05) is 32.9 Å². The fourth-order valence-electron chi connectivity index (χ4n) is 1.50. The van der Waals surface area contributed by atoms with E-state index in [-0.39, 0.29) is 17.9 Å². The average molecular weight is 250 g/mol. The summed E-state index contributed by atoms with van der Waals surface area (Å²) < 4.78 is 5.06. The van der Waals surface area contributed by atoms with Crippen LogP contribution < -0.4 is 11.1 Å². The molecule has 1 rings (SSSR count). The van der Waals surface area contributed by atoms with Crippen LogP contribution in [-0.2, 0) is 14.9 Å². The molecule has 1 amide bonds. The van der Waals surface area contributed by atoms with E-state index in [0.29, 0.717) is 13.2 Å². The third kappa shape index (κ3) is 4.85. The van der Waals surface area contributed by atoms with E-state index in [4.69, 9.17) is 10.5 Å². The third-order valence-corrected chi connectivity index (χ3v) is 2.53. The molecule has 4 heteroatoms. The molecule has 0 saturated carbocycles. The highest BCUT2D eigenvalue weighted by Crippen LogP contribution is 2.23. The smallest absolute Gasteiger partial charge is 0.250 e. The molecule has 0 fully saturated rings. The van der Waals surface area contributed by atoms with E-state index in [1.807, 2.05) is 24.3 Å². The zero-order valence-electron chi connectivity index (χ0n) is 11.3. The monoisotopic (exact) mass is 250 g/mol. The van der Waals surface area contributed by atoms with E-state index in [1.165, 1.54) is 5.56 Å². The van der Waals surface area contributed by atoms with Crippen LogP contribution >= 0.6 is 0 Å². The minimum absolute atomic E-state index is 0.0399. The van der Waals surface area contributed by atoms with Crippen molar-refractivity contribution in [2.75, 3.05) is 25.1 Å². The summed E-state index contributed by atoms with van der Waals surface area (Å²) in [7, 11) is 0. The van der Waals surface area contributed by atoms with Gasteiger partial charge in [-0.3, -0.25) is 4.79 Å². The second-order valence-electron chi connectivity index (χ2n) is 5.22. The zero-order valence-corrected chi connectivity index (χ0v) is 11.3. The predicted molar refractivity (Wildman–Crippen MR) is 73.6 cm³/mol. The number of rotatable bonds is 5.